The van der Waals surface area contributed by atoms with E-state index in [4.69, 9.17) is 4.74 Å². The number of para-hydroxylation sites is 1. The third kappa shape index (κ3) is 3.78. The Morgan fingerprint density at radius 2 is 1.69 bits per heavy atom. The van der Waals surface area contributed by atoms with Crippen molar-refractivity contribution in [2.45, 2.75) is 0 Å². The summed E-state index contributed by atoms with van der Waals surface area (Å²) in [5.41, 5.74) is 1.90. The van der Waals surface area contributed by atoms with Crippen molar-refractivity contribution in [1.29, 1.82) is 0 Å². The van der Waals surface area contributed by atoms with Gasteiger partial charge in [0, 0.05) is 5.56 Å². The highest BCUT2D eigenvalue weighted by Crippen LogP contribution is 2.25. The zero-order valence-electron chi connectivity index (χ0n) is 15.4. The average molecular weight is 404 g/mol. The van der Waals surface area contributed by atoms with Crippen LogP contribution >= 0.6 is 11.3 Å². The van der Waals surface area contributed by atoms with E-state index in [9.17, 15) is 9.59 Å². The molecule has 2 aromatic carbocycles. The molecule has 4 rings (SSSR count). The third-order valence-electron chi connectivity index (χ3n) is 4.14. The summed E-state index contributed by atoms with van der Waals surface area (Å²) in [4.78, 5) is 29.1. The maximum Gasteiger partial charge on any atom is 0.340 e. The highest BCUT2D eigenvalue weighted by molar-refractivity contribution is 7.14. The molecule has 0 bridgehead atoms. The van der Waals surface area contributed by atoms with Gasteiger partial charge in [0.25, 0.3) is 5.91 Å². The van der Waals surface area contributed by atoms with Gasteiger partial charge < -0.3 is 10.1 Å². The highest BCUT2D eigenvalue weighted by atomic mass is 32.1. The molecule has 8 heteroatoms. The van der Waals surface area contributed by atoms with Crippen LogP contribution in [0.25, 0.3) is 17.1 Å². The molecule has 0 spiro atoms. The number of benzene rings is 2. The zero-order valence-corrected chi connectivity index (χ0v) is 16.2. The smallest absolute Gasteiger partial charge is 0.340 e. The Morgan fingerprint density at radius 1 is 1.00 bits per heavy atom. The van der Waals surface area contributed by atoms with E-state index in [1.54, 1.807) is 16.1 Å². The number of aromatic nitrogens is 3. The number of ether oxygens (including phenoxy) is 1. The van der Waals surface area contributed by atoms with Gasteiger partial charge in [0.05, 0.1) is 18.4 Å². The average Bonchev–Trinajstić information content (AvgIpc) is 3.42. The van der Waals surface area contributed by atoms with Crippen LogP contribution in [0.4, 0.5) is 5.00 Å². The predicted octanol–water partition coefficient (Wildman–Crippen LogP) is 4.03. The van der Waals surface area contributed by atoms with Crippen LogP contribution in [-0.4, -0.2) is 33.8 Å². The van der Waals surface area contributed by atoms with Crippen LogP contribution in [0, 0.1) is 0 Å². The summed E-state index contributed by atoms with van der Waals surface area (Å²) in [5, 5.41) is 9.21. The van der Waals surface area contributed by atoms with Crippen molar-refractivity contribution in [3.8, 4) is 17.1 Å². The van der Waals surface area contributed by atoms with E-state index < -0.39 is 11.9 Å². The number of carbonyl (C=O) groups excluding carboxylic acids is 2. The van der Waals surface area contributed by atoms with Gasteiger partial charge in [0.1, 0.15) is 5.00 Å². The minimum atomic E-state index is -0.519. The maximum atomic E-state index is 12.8. The van der Waals surface area contributed by atoms with Crippen molar-refractivity contribution in [2.24, 2.45) is 0 Å². The molecule has 0 saturated carbocycles. The zero-order chi connectivity index (χ0) is 20.2. The molecule has 144 valence electrons. The number of hydrogen-bond donors (Lipinski definition) is 1. The van der Waals surface area contributed by atoms with Gasteiger partial charge >= 0.3 is 5.97 Å². The van der Waals surface area contributed by atoms with E-state index >= 15 is 0 Å². The van der Waals surface area contributed by atoms with Gasteiger partial charge in [-0.25, -0.2) is 14.5 Å². The molecule has 0 saturated heterocycles. The number of esters is 1. The third-order valence-corrected chi connectivity index (χ3v) is 4.97. The van der Waals surface area contributed by atoms with Crippen LogP contribution in [0.1, 0.15) is 21.0 Å². The molecule has 0 atom stereocenters. The van der Waals surface area contributed by atoms with Crippen LogP contribution in [0.3, 0.4) is 0 Å². The first-order valence-electron chi connectivity index (χ1n) is 8.72. The molecule has 0 radical (unpaired) electrons. The molecule has 0 unspecified atom stereocenters. The highest BCUT2D eigenvalue weighted by Gasteiger charge is 2.21. The Hall–Kier alpha value is -3.78. The molecule has 0 fully saturated rings. The molecular formula is C21H16N4O3S. The Balaban J connectivity index is 1.72. The Labute approximate surface area is 170 Å². The van der Waals surface area contributed by atoms with Crippen LogP contribution < -0.4 is 5.32 Å². The number of carbonyl (C=O) groups is 2. The number of nitrogens with zero attached hydrogens (tertiary/aromatic N) is 3. The molecule has 0 aliphatic rings. The first-order chi connectivity index (χ1) is 14.2. The summed E-state index contributed by atoms with van der Waals surface area (Å²) in [7, 11) is 1.29. The van der Waals surface area contributed by atoms with E-state index in [-0.39, 0.29) is 11.4 Å². The maximum absolute atomic E-state index is 12.8. The van der Waals surface area contributed by atoms with Gasteiger partial charge in [-0.3, -0.25) is 4.79 Å². The van der Waals surface area contributed by atoms with Crippen molar-refractivity contribution in [3.05, 3.63) is 83.5 Å². The minimum absolute atomic E-state index is 0.00285. The number of thiophene rings is 1. The molecule has 2 heterocycles. The molecule has 2 aromatic heterocycles. The second-order valence-corrected chi connectivity index (χ2v) is 6.90. The summed E-state index contributed by atoms with van der Waals surface area (Å²) in [6, 6.07) is 20.6. The summed E-state index contributed by atoms with van der Waals surface area (Å²) >= 11 is 1.22. The normalized spacial score (nSPS) is 10.5. The fourth-order valence-electron chi connectivity index (χ4n) is 2.77. The van der Waals surface area contributed by atoms with E-state index in [2.05, 4.69) is 15.4 Å². The van der Waals surface area contributed by atoms with Gasteiger partial charge in [-0.15, -0.1) is 16.4 Å². The van der Waals surface area contributed by atoms with Crippen molar-refractivity contribution in [3.63, 3.8) is 0 Å². The number of methoxy groups -OCH3 is 1. The molecule has 0 aliphatic heterocycles. The van der Waals surface area contributed by atoms with Gasteiger partial charge in [0.15, 0.2) is 5.82 Å². The standard InChI is InChI=1S/C21H16N4O3S/c1-28-21(27)16-12-13-29-20(16)23-19(26)17-22-18(14-8-4-2-5-9-14)25(24-17)15-10-6-3-7-11-15/h2-13H,1H3,(H,23,26). The second kappa shape index (κ2) is 8.07. The summed E-state index contributed by atoms with van der Waals surface area (Å²) in [5.74, 6) is -0.489. The van der Waals surface area contributed by atoms with Crippen LogP contribution in [-0.2, 0) is 4.74 Å². The Kier molecular flexibility index (Phi) is 5.17. The number of hydrogen-bond acceptors (Lipinski definition) is 6. The lowest BCUT2D eigenvalue weighted by Gasteiger charge is -2.05. The molecule has 7 nitrogen and oxygen atoms in total. The Bertz CT molecular complexity index is 1100. The largest absolute Gasteiger partial charge is 0.465 e. The van der Waals surface area contributed by atoms with E-state index in [1.807, 2.05) is 60.7 Å². The Morgan fingerprint density at radius 3 is 2.38 bits per heavy atom. The molecular weight excluding hydrogens is 388 g/mol. The minimum Gasteiger partial charge on any atom is -0.465 e. The lowest BCUT2D eigenvalue weighted by molar-refractivity contribution is 0.0602. The first kappa shape index (κ1) is 18.6. The number of nitrogens with one attached hydrogen (secondary N) is 1. The van der Waals surface area contributed by atoms with Crippen LogP contribution in [0.2, 0.25) is 0 Å². The van der Waals surface area contributed by atoms with Crippen LogP contribution in [0.5, 0.6) is 0 Å². The van der Waals surface area contributed by atoms with Gasteiger partial charge in [-0.05, 0) is 23.6 Å². The monoisotopic (exact) mass is 404 g/mol. The van der Waals surface area contributed by atoms with E-state index in [0.717, 1.165) is 11.3 Å². The SMILES string of the molecule is COC(=O)c1ccsc1NC(=O)c1nc(-c2ccccc2)n(-c2ccccc2)n1. The van der Waals surface area contributed by atoms with Gasteiger partial charge in [-0.1, -0.05) is 48.5 Å². The van der Waals surface area contributed by atoms with E-state index in [0.29, 0.717) is 10.8 Å². The summed E-state index contributed by atoms with van der Waals surface area (Å²) in [6.07, 6.45) is 0. The molecule has 4 aromatic rings. The van der Waals surface area contributed by atoms with Gasteiger partial charge in [-0.2, -0.15) is 0 Å². The quantitative estimate of drug-likeness (QED) is 0.508. The summed E-state index contributed by atoms with van der Waals surface area (Å²) < 4.78 is 6.37. The predicted molar refractivity (Wildman–Crippen MR) is 110 cm³/mol. The number of anilines is 1. The molecule has 1 N–H and O–H groups in total. The molecule has 29 heavy (non-hydrogen) atoms. The number of rotatable bonds is 5. The number of amides is 1. The van der Waals surface area contributed by atoms with Crippen molar-refractivity contribution < 1.29 is 14.3 Å². The molecule has 0 aliphatic carbocycles. The topological polar surface area (TPSA) is 86.1 Å². The van der Waals surface area contributed by atoms with Crippen LogP contribution in [0.15, 0.2) is 72.1 Å². The lowest BCUT2D eigenvalue weighted by Crippen LogP contribution is -2.15. The summed E-state index contributed by atoms with van der Waals surface area (Å²) in [6.45, 7) is 0. The first-order valence-corrected chi connectivity index (χ1v) is 9.60. The van der Waals surface area contributed by atoms with E-state index in [1.165, 1.54) is 18.4 Å². The second-order valence-electron chi connectivity index (χ2n) is 5.98. The van der Waals surface area contributed by atoms with Crippen molar-refractivity contribution >= 4 is 28.2 Å². The van der Waals surface area contributed by atoms with Crippen molar-refractivity contribution in [2.75, 3.05) is 12.4 Å². The fourth-order valence-corrected chi connectivity index (χ4v) is 3.54. The lowest BCUT2D eigenvalue weighted by atomic mass is 10.2. The van der Waals surface area contributed by atoms with Gasteiger partial charge in [0.2, 0.25) is 5.82 Å². The van der Waals surface area contributed by atoms with Crippen molar-refractivity contribution in [1.82, 2.24) is 14.8 Å². The fraction of sp³-hybridized carbons (Fsp3) is 0.0476. The molecule has 1 amide bonds.